The highest BCUT2D eigenvalue weighted by molar-refractivity contribution is 5.60. The molecule has 2 aliphatic rings. The minimum Gasteiger partial charge on any atom is -0.466 e. The molecule has 130 valence electrons. The van der Waals surface area contributed by atoms with Crippen molar-refractivity contribution < 1.29 is 9.15 Å². The first kappa shape index (κ1) is 15.7. The molecule has 6 heteroatoms. The van der Waals surface area contributed by atoms with Crippen LogP contribution in [0.3, 0.4) is 0 Å². The first-order chi connectivity index (χ1) is 11.7. The van der Waals surface area contributed by atoms with Crippen molar-refractivity contribution in [2.45, 2.75) is 52.2 Å². The fourth-order valence-electron chi connectivity index (χ4n) is 3.60. The number of nitrogens with zero attached hydrogens (tertiary/aromatic N) is 4. The van der Waals surface area contributed by atoms with Crippen LogP contribution in [0, 0.1) is 19.8 Å². The van der Waals surface area contributed by atoms with Crippen LogP contribution in [0.2, 0.25) is 0 Å². The number of ether oxygens (including phenoxy) is 1. The first-order valence-electron chi connectivity index (χ1n) is 8.94. The Morgan fingerprint density at radius 3 is 2.50 bits per heavy atom. The lowest BCUT2D eigenvalue weighted by Gasteiger charge is -2.32. The van der Waals surface area contributed by atoms with Crippen LogP contribution in [0.5, 0.6) is 0 Å². The van der Waals surface area contributed by atoms with Crippen LogP contribution in [0.15, 0.2) is 10.5 Å². The third-order valence-electron chi connectivity index (χ3n) is 5.21. The molecular weight excluding hydrogens is 304 g/mol. The van der Waals surface area contributed by atoms with Gasteiger partial charge < -0.3 is 14.1 Å². The normalized spacial score (nSPS) is 19.2. The molecule has 0 N–H and O–H groups in total. The predicted molar refractivity (Wildman–Crippen MR) is 92.2 cm³/mol. The van der Waals surface area contributed by atoms with E-state index < -0.39 is 0 Å². The minimum atomic E-state index is 0.374. The highest BCUT2D eigenvalue weighted by atomic mass is 16.5. The van der Waals surface area contributed by atoms with Crippen molar-refractivity contribution in [2.75, 3.05) is 25.1 Å². The van der Waals surface area contributed by atoms with E-state index >= 15 is 0 Å². The zero-order valence-electron chi connectivity index (χ0n) is 14.8. The molecule has 1 saturated carbocycles. The molecule has 0 bridgehead atoms. The Balaban J connectivity index is 1.66. The van der Waals surface area contributed by atoms with Crippen molar-refractivity contribution in [3.8, 4) is 11.4 Å². The molecule has 0 spiro atoms. The lowest BCUT2D eigenvalue weighted by atomic mass is 10.1. The summed E-state index contributed by atoms with van der Waals surface area (Å²) in [6.45, 7) is 6.94. The maximum absolute atomic E-state index is 5.72. The number of aryl methyl sites for hydroxylation is 2. The molecule has 2 fully saturated rings. The maximum atomic E-state index is 5.72. The molecule has 3 heterocycles. The topological polar surface area (TPSA) is 56.3 Å². The van der Waals surface area contributed by atoms with Crippen LogP contribution in [0.25, 0.3) is 11.4 Å². The summed E-state index contributed by atoms with van der Waals surface area (Å²) in [5.74, 6) is 4.56. The van der Waals surface area contributed by atoms with Gasteiger partial charge in [-0.2, -0.15) is 0 Å². The highest BCUT2D eigenvalue weighted by Crippen LogP contribution is 2.36. The number of furan rings is 1. The van der Waals surface area contributed by atoms with Gasteiger partial charge in [-0.05, 0) is 51.5 Å². The van der Waals surface area contributed by atoms with Crippen molar-refractivity contribution >= 4 is 5.95 Å². The lowest BCUT2D eigenvalue weighted by Crippen LogP contribution is -2.38. The Kier molecular flexibility index (Phi) is 4.08. The summed E-state index contributed by atoms with van der Waals surface area (Å²) in [5.41, 5.74) is 1.07. The second-order valence-electron chi connectivity index (χ2n) is 7.13. The Morgan fingerprint density at radius 2 is 1.92 bits per heavy atom. The van der Waals surface area contributed by atoms with Gasteiger partial charge in [0.05, 0.1) is 11.7 Å². The van der Waals surface area contributed by atoms with Crippen molar-refractivity contribution in [2.24, 2.45) is 5.92 Å². The summed E-state index contributed by atoms with van der Waals surface area (Å²) in [5, 5.41) is 9.09. The zero-order chi connectivity index (χ0) is 16.7. The monoisotopic (exact) mass is 330 g/mol. The number of rotatable bonds is 5. The summed E-state index contributed by atoms with van der Waals surface area (Å²) in [4.78, 5) is 2.36. The van der Waals surface area contributed by atoms with Crippen LogP contribution >= 0.6 is 0 Å². The van der Waals surface area contributed by atoms with Crippen LogP contribution < -0.4 is 4.90 Å². The number of aromatic nitrogens is 3. The average Bonchev–Trinajstić information content (AvgIpc) is 3.21. The maximum Gasteiger partial charge on any atom is 0.227 e. The van der Waals surface area contributed by atoms with Crippen molar-refractivity contribution in [3.63, 3.8) is 0 Å². The van der Waals surface area contributed by atoms with Gasteiger partial charge >= 0.3 is 0 Å². The third-order valence-corrected chi connectivity index (χ3v) is 5.21. The van der Waals surface area contributed by atoms with Crippen LogP contribution in [0.4, 0.5) is 5.95 Å². The molecule has 2 aromatic heterocycles. The predicted octanol–water partition coefficient (Wildman–Crippen LogP) is 3.18. The van der Waals surface area contributed by atoms with Crippen molar-refractivity contribution in [1.29, 1.82) is 0 Å². The second kappa shape index (κ2) is 6.24. The van der Waals surface area contributed by atoms with Gasteiger partial charge in [-0.3, -0.25) is 4.57 Å². The van der Waals surface area contributed by atoms with E-state index in [1.165, 1.54) is 12.8 Å². The van der Waals surface area contributed by atoms with E-state index in [1.807, 2.05) is 13.8 Å². The Hall–Kier alpha value is -1.82. The van der Waals surface area contributed by atoms with Gasteiger partial charge in [0.1, 0.15) is 11.5 Å². The first-order valence-corrected chi connectivity index (χ1v) is 8.94. The van der Waals surface area contributed by atoms with Gasteiger partial charge in [-0.15, -0.1) is 10.2 Å². The third kappa shape index (κ3) is 2.95. The SMILES string of the molecule is COC1CCN(c2nnc(-c3cc(C)oc3C)n2CC2CC2)CC1. The van der Waals surface area contributed by atoms with E-state index in [4.69, 9.17) is 9.15 Å². The molecule has 24 heavy (non-hydrogen) atoms. The van der Waals surface area contributed by atoms with Crippen molar-refractivity contribution in [3.05, 3.63) is 17.6 Å². The molecular formula is C18H26N4O2. The summed E-state index contributed by atoms with van der Waals surface area (Å²) in [7, 11) is 1.80. The molecule has 0 aromatic carbocycles. The Labute approximate surface area is 142 Å². The van der Waals surface area contributed by atoms with Gasteiger partial charge in [-0.1, -0.05) is 0 Å². The molecule has 4 rings (SSSR count). The molecule has 2 aromatic rings. The minimum absolute atomic E-state index is 0.374. The van der Waals surface area contributed by atoms with E-state index in [9.17, 15) is 0 Å². The van der Waals surface area contributed by atoms with Gasteiger partial charge in [0, 0.05) is 26.7 Å². The quantitative estimate of drug-likeness (QED) is 0.843. The smallest absolute Gasteiger partial charge is 0.227 e. The van der Waals surface area contributed by atoms with E-state index in [0.717, 1.165) is 67.3 Å². The van der Waals surface area contributed by atoms with Crippen LogP contribution in [-0.4, -0.2) is 41.1 Å². The van der Waals surface area contributed by atoms with E-state index in [1.54, 1.807) is 7.11 Å². The molecule has 0 radical (unpaired) electrons. The fraction of sp³-hybridized carbons (Fsp3) is 0.667. The van der Waals surface area contributed by atoms with E-state index in [2.05, 4.69) is 25.7 Å². The summed E-state index contributed by atoms with van der Waals surface area (Å²) in [6.07, 6.45) is 5.09. The summed E-state index contributed by atoms with van der Waals surface area (Å²) < 4.78 is 13.5. The van der Waals surface area contributed by atoms with E-state index in [-0.39, 0.29) is 0 Å². The fourth-order valence-corrected chi connectivity index (χ4v) is 3.60. The molecule has 0 unspecified atom stereocenters. The van der Waals surface area contributed by atoms with Gasteiger partial charge in [0.15, 0.2) is 5.82 Å². The Bertz CT molecular complexity index is 709. The number of hydrogen-bond donors (Lipinski definition) is 0. The zero-order valence-corrected chi connectivity index (χ0v) is 14.8. The number of methoxy groups -OCH3 is 1. The molecule has 1 aliphatic carbocycles. The van der Waals surface area contributed by atoms with E-state index in [0.29, 0.717) is 6.10 Å². The van der Waals surface area contributed by atoms with Crippen LogP contribution in [-0.2, 0) is 11.3 Å². The van der Waals surface area contributed by atoms with Crippen LogP contribution in [0.1, 0.15) is 37.2 Å². The van der Waals surface area contributed by atoms with Crippen molar-refractivity contribution in [1.82, 2.24) is 14.8 Å². The van der Waals surface area contributed by atoms with Gasteiger partial charge in [0.25, 0.3) is 0 Å². The number of hydrogen-bond acceptors (Lipinski definition) is 5. The lowest BCUT2D eigenvalue weighted by molar-refractivity contribution is 0.0815. The Morgan fingerprint density at radius 1 is 1.17 bits per heavy atom. The molecule has 1 aliphatic heterocycles. The number of anilines is 1. The van der Waals surface area contributed by atoms with Gasteiger partial charge in [-0.25, -0.2) is 0 Å². The standard InChI is InChI=1S/C18H26N4O2/c1-12-10-16(13(2)24-12)17-19-20-18(22(17)11-14-4-5-14)21-8-6-15(23-3)7-9-21/h10,14-15H,4-9,11H2,1-3H3. The highest BCUT2D eigenvalue weighted by Gasteiger charge is 2.29. The second-order valence-corrected chi connectivity index (χ2v) is 7.13. The van der Waals surface area contributed by atoms with Gasteiger partial charge in [0.2, 0.25) is 5.95 Å². The largest absolute Gasteiger partial charge is 0.466 e. The molecule has 1 saturated heterocycles. The summed E-state index contributed by atoms with van der Waals surface area (Å²) in [6, 6.07) is 2.07. The average molecular weight is 330 g/mol. The summed E-state index contributed by atoms with van der Waals surface area (Å²) >= 11 is 0. The number of piperidine rings is 1. The molecule has 0 amide bonds. The molecule has 6 nitrogen and oxygen atoms in total. The molecule has 0 atom stereocenters.